The van der Waals surface area contributed by atoms with Gasteiger partial charge in [0.1, 0.15) is 5.76 Å². The molecule has 0 saturated heterocycles. The third kappa shape index (κ3) is 4.40. The Morgan fingerprint density at radius 2 is 1.61 bits per heavy atom. The average Bonchev–Trinajstić information content (AvgIpc) is 3.22. The van der Waals surface area contributed by atoms with Gasteiger partial charge in [-0.1, -0.05) is 45.0 Å². The van der Waals surface area contributed by atoms with Crippen molar-refractivity contribution in [1.29, 1.82) is 0 Å². The number of aryl methyl sites for hydroxylation is 1. The zero-order valence-electron chi connectivity index (χ0n) is 18.5. The molecular formula is C27H26INO2. The molecule has 3 aromatic rings. The Balaban J connectivity index is 1.66. The fourth-order valence-electron chi connectivity index (χ4n) is 3.85. The minimum Gasteiger partial charge on any atom is -0.422 e. The number of ether oxygens (including phenoxy) is 1. The van der Waals surface area contributed by atoms with Gasteiger partial charge in [0.15, 0.2) is 0 Å². The van der Waals surface area contributed by atoms with Gasteiger partial charge in [0.25, 0.3) is 0 Å². The van der Waals surface area contributed by atoms with E-state index in [0.29, 0.717) is 11.3 Å². The van der Waals surface area contributed by atoms with Gasteiger partial charge in [0.2, 0.25) is 0 Å². The second kappa shape index (κ2) is 8.15. The Labute approximate surface area is 197 Å². The number of nitrogens with zero attached hydrogens (tertiary/aromatic N) is 1. The molecule has 0 fully saturated rings. The zero-order chi connectivity index (χ0) is 22.3. The summed E-state index contributed by atoms with van der Waals surface area (Å²) < 4.78 is 8.99. The Morgan fingerprint density at radius 1 is 0.968 bits per heavy atom. The van der Waals surface area contributed by atoms with Gasteiger partial charge in [-0.25, -0.2) is 4.79 Å². The molecule has 0 aliphatic carbocycles. The van der Waals surface area contributed by atoms with Crippen molar-refractivity contribution >= 4 is 40.4 Å². The van der Waals surface area contributed by atoms with E-state index >= 15 is 0 Å². The predicted octanol–water partition coefficient (Wildman–Crippen LogP) is 6.98. The first-order valence-electron chi connectivity index (χ1n) is 10.3. The predicted molar refractivity (Wildman–Crippen MR) is 135 cm³/mol. The summed E-state index contributed by atoms with van der Waals surface area (Å²) in [4.78, 5) is 12.5. The summed E-state index contributed by atoms with van der Waals surface area (Å²) in [7, 11) is 0. The number of benzene rings is 2. The highest BCUT2D eigenvalue weighted by molar-refractivity contribution is 14.1. The van der Waals surface area contributed by atoms with Crippen LogP contribution in [0.3, 0.4) is 0 Å². The maximum atomic E-state index is 12.5. The minimum atomic E-state index is -0.311. The lowest BCUT2D eigenvalue weighted by atomic mass is 9.86. The maximum Gasteiger partial charge on any atom is 0.343 e. The van der Waals surface area contributed by atoms with Gasteiger partial charge in [-0.05, 0) is 95.5 Å². The summed E-state index contributed by atoms with van der Waals surface area (Å²) in [6.45, 7) is 10.7. The van der Waals surface area contributed by atoms with E-state index in [2.05, 4.69) is 104 Å². The van der Waals surface area contributed by atoms with Crippen molar-refractivity contribution in [3.8, 4) is 5.69 Å². The molecule has 2 heterocycles. The highest BCUT2D eigenvalue weighted by Crippen LogP contribution is 2.31. The Morgan fingerprint density at radius 3 is 2.23 bits per heavy atom. The summed E-state index contributed by atoms with van der Waals surface area (Å²) in [5.41, 5.74) is 7.16. The largest absolute Gasteiger partial charge is 0.422 e. The van der Waals surface area contributed by atoms with Crippen LogP contribution in [0.2, 0.25) is 0 Å². The molecule has 1 aliphatic rings. The van der Waals surface area contributed by atoms with Crippen LogP contribution in [0.1, 0.15) is 48.8 Å². The van der Waals surface area contributed by atoms with Crippen molar-refractivity contribution in [2.24, 2.45) is 0 Å². The topological polar surface area (TPSA) is 31.2 Å². The van der Waals surface area contributed by atoms with Crippen LogP contribution >= 0.6 is 22.6 Å². The lowest BCUT2D eigenvalue weighted by molar-refractivity contribution is -0.130. The highest BCUT2D eigenvalue weighted by Gasteiger charge is 2.23. The normalized spacial score (nSPS) is 15.4. The van der Waals surface area contributed by atoms with Crippen LogP contribution in [-0.2, 0) is 14.9 Å². The number of esters is 1. The SMILES string of the molecule is Cc1cc(/C=C2\C=C(c3ccc(C(C)(C)C)cc3)OC2=O)c(C)n1-c1ccc(I)cc1. The fraction of sp³-hybridized carbons (Fsp3) is 0.222. The summed E-state index contributed by atoms with van der Waals surface area (Å²) >= 11 is 2.31. The zero-order valence-corrected chi connectivity index (χ0v) is 20.7. The smallest absolute Gasteiger partial charge is 0.343 e. The summed E-state index contributed by atoms with van der Waals surface area (Å²) in [6, 6.07) is 18.8. The molecule has 2 aromatic carbocycles. The van der Waals surface area contributed by atoms with Gasteiger partial charge < -0.3 is 9.30 Å². The van der Waals surface area contributed by atoms with Gasteiger partial charge in [-0.3, -0.25) is 0 Å². The molecule has 0 atom stereocenters. The number of hydrogen-bond donors (Lipinski definition) is 0. The van der Waals surface area contributed by atoms with E-state index in [1.165, 1.54) is 9.13 Å². The molecule has 0 radical (unpaired) electrons. The van der Waals surface area contributed by atoms with Gasteiger partial charge in [-0.15, -0.1) is 0 Å². The number of aromatic nitrogens is 1. The Hall–Kier alpha value is -2.60. The van der Waals surface area contributed by atoms with E-state index in [9.17, 15) is 4.79 Å². The van der Waals surface area contributed by atoms with Crippen molar-refractivity contribution in [2.45, 2.75) is 40.0 Å². The van der Waals surface area contributed by atoms with E-state index in [-0.39, 0.29) is 11.4 Å². The van der Waals surface area contributed by atoms with Crippen LogP contribution in [0.4, 0.5) is 0 Å². The average molecular weight is 523 g/mol. The number of hydrogen-bond acceptors (Lipinski definition) is 2. The molecule has 0 bridgehead atoms. The number of cyclic esters (lactones) is 1. The monoisotopic (exact) mass is 523 g/mol. The molecule has 0 saturated carbocycles. The molecule has 31 heavy (non-hydrogen) atoms. The van der Waals surface area contributed by atoms with Gasteiger partial charge in [-0.2, -0.15) is 0 Å². The van der Waals surface area contributed by atoms with E-state index in [4.69, 9.17) is 4.74 Å². The van der Waals surface area contributed by atoms with Crippen LogP contribution in [0.25, 0.3) is 17.5 Å². The second-order valence-electron chi connectivity index (χ2n) is 8.96. The van der Waals surface area contributed by atoms with Gasteiger partial charge in [0.05, 0.1) is 5.57 Å². The molecule has 0 spiro atoms. The molecule has 1 aromatic heterocycles. The van der Waals surface area contributed by atoms with Crippen LogP contribution in [0, 0.1) is 17.4 Å². The fourth-order valence-corrected chi connectivity index (χ4v) is 4.21. The van der Waals surface area contributed by atoms with Crippen molar-refractivity contribution < 1.29 is 9.53 Å². The number of halogens is 1. The van der Waals surface area contributed by atoms with Crippen LogP contribution in [0.15, 0.2) is 66.2 Å². The minimum absolute atomic E-state index is 0.0872. The van der Waals surface area contributed by atoms with Crippen molar-refractivity contribution in [2.75, 3.05) is 0 Å². The van der Waals surface area contributed by atoms with Gasteiger partial charge >= 0.3 is 5.97 Å². The third-order valence-electron chi connectivity index (χ3n) is 5.63. The molecular weight excluding hydrogens is 497 g/mol. The molecule has 4 heteroatoms. The van der Waals surface area contributed by atoms with E-state index < -0.39 is 0 Å². The lowest BCUT2D eigenvalue weighted by Gasteiger charge is -2.19. The highest BCUT2D eigenvalue weighted by atomic mass is 127. The quantitative estimate of drug-likeness (QED) is 0.211. The Kier molecular flexibility index (Phi) is 5.69. The molecule has 0 unspecified atom stereocenters. The molecule has 1 aliphatic heterocycles. The first-order valence-corrected chi connectivity index (χ1v) is 11.4. The van der Waals surface area contributed by atoms with E-state index in [0.717, 1.165) is 28.2 Å². The first-order chi connectivity index (χ1) is 14.6. The van der Waals surface area contributed by atoms with Crippen molar-refractivity contribution in [3.05, 3.63) is 97.9 Å². The van der Waals surface area contributed by atoms with Crippen LogP contribution < -0.4 is 0 Å². The summed E-state index contributed by atoms with van der Waals surface area (Å²) in [6.07, 6.45) is 3.76. The molecule has 0 N–H and O–H groups in total. The summed E-state index contributed by atoms with van der Waals surface area (Å²) in [5.74, 6) is 0.289. The molecule has 4 rings (SSSR count). The number of carbonyl (C=O) groups is 1. The van der Waals surface area contributed by atoms with Crippen molar-refractivity contribution in [3.63, 3.8) is 0 Å². The van der Waals surface area contributed by atoms with Crippen molar-refractivity contribution in [1.82, 2.24) is 4.57 Å². The molecule has 3 nitrogen and oxygen atoms in total. The second-order valence-corrected chi connectivity index (χ2v) is 10.2. The molecule has 0 amide bonds. The van der Waals surface area contributed by atoms with Crippen LogP contribution in [0.5, 0.6) is 0 Å². The third-order valence-corrected chi connectivity index (χ3v) is 6.35. The lowest BCUT2D eigenvalue weighted by Crippen LogP contribution is -2.10. The standard InChI is InChI=1S/C27H26INO2/c1-17-14-20(18(2)29(17)24-12-10-23(28)11-13-24)15-21-16-25(31-26(21)30)19-6-8-22(9-7-19)27(3,4)5/h6-16H,1-5H3/b21-15+. The van der Waals surface area contributed by atoms with Crippen LogP contribution in [-0.4, -0.2) is 10.5 Å². The molecule has 158 valence electrons. The number of carbonyl (C=O) groups excluding carboxylic acids is 1. The summed E-state index contributed by atoms with van der Waals surface area (Å²) in [5, 5.41) is 0. The Bertz CT molecular complexity index is 1200. The van der Waals surface area contributed by atoms with Gasteiger partial charge in [0, 0.05) is 26.2 Å². The first kappa shape index (κ1) is 21.6. The maximum absolute atomic E-state index is 12.5. The van der Waals surface area contributed by atoms with E-state index in [1.807, 2.05) is 24.3 Å². The van der Waals surface area contributed by atoms with E-state index in [1.54, 1.807) is 0 Å². The number of rotatable bonds is 3.